The van der Waals surface area contributed by atoms with E-state index in [1.807, 2.05) is 0 Å². The van der Waals surface area contributed by atoms with E-state index in [-0.39, 0.29) is 12.0 Å². The van der Waals surface area contributed by atoms with Crippen molar-refractivity contribution in [3.8, 4) is 0 Å². The molecule has 0 aliphatic heterocycles. The summed E-state index contributed by atoms with van der Waals surface area (Å²) in [5.41, 5.74) is 0.870. The summed E-state index contributed by atoms with van der Waals surface area (Å²) >= 11 is 0. The van der Waals surface area contributed by atoms with Crippen LogP contribution in [0.3, 0.4) is 0 Å². The molecule has 0 radical (unpaired) electrons. The molecule has 5 atom stereocenters. The van der Waals surface area contributed by atoms with Gasteiger partial charge in [0.15, 0.2) is 0 Å². The Balaban J connectivity index is 2.20. The van der Waals surface area contributed by atoms with Crippen LogP contribution in [0.1, 0.15) is 73.1 Å². The molecule has 2 rings (SSSR count). The van der Waals surface area contributed by atoms with Gasteiger partial charge in [-0.3, -0.25) is 0 Å². The number of aliphatic hydroxyl groups excluding tert-OH is 2. The van der Waals surface area contributed by atoms with E-state index in [1.54, 1.807) is 6.92 Å². The minimum atomic E-state index is -1.22. The molecule has 0 aromatic heterocycles. The van der Waals surface area contributed by atoms with Crippen LogP contribution in [0.4, 0.5) is 0 Å². The van der Waals surface area contributed by atoms with Gasteiger partial charge in [0.2, 0.25) is 0 Å². The van der Waals surface area contributed by atoms with Gasteiger partial charge in [0.25, 0.3) is 0 Å². The highest BCUT2D eigenvalue weighted by molar-refractivity contribution is 5.18. The lowest BCUT2D eigenvalue weighted by atomic mass is 9.48. The van der Waals surface area contributed by atoms with Crippen molar-refractivity contribution in [2.75, 3.05) is 6.61 Å². The molecule has 0 heterocycles. The maximum absolute atomic E-state index is 10.5. The quantitative estimate of drug-likeness (QED) is 0.676. The second kappa shape index (κ2) is 6.50. The molecular formula is C20H36O3. The van der Waals surface area contributed by atoms with Gasteiger partial charge in [0, 0.05) is 0 Å². The maximum atomic E-state index is 10.5. The van der Waals surface area contributed by atoms with E-state index in [9.17, 15) is 10.2 Å². The number of fused-ring (bicyclic) bond motifs is 1. The first-order valence-electron chi connectivity index (χ1n) is 9.22. The van der Waals surface area contributed by atoms with Gasteiger partial charge in [-0.25, -0.2) is 0 Å². The standard InChI is InChI=1S/C20H36O3/c1-14-7-8-16-18(2,3)10-6-11-19(16,4)15(14)9-12-20(5,23)17(22)13-21/h7,15-17,21-23H,6,8-13H2,1-5H3/t15-,16-,17+,19+,20+/m0/s1. The van der Waals surface area contributed by atoms with Crippen LogP contribution in [0.25, 0.3) is 0 Å². The fourth-order valence-corrected chi connectivity index (χ4v) is 5.49. The van der Waals surface area contributed by atoms with Crippen LogP contribution in [-0.2, 0) is 0 Å². The smallest absolute Gasteiger partial charge is 0.105 e. The highest BCUT2D eigenvalue weighted by atomic mass is 16.4. The van der Waals surface area contributed by atoms with Crippen molar-refractivity contribution in [2.45, 2.75) is 84.8 Å². The highest BCUT2D eigenvalue weighted by Crippen LogP contribution is 2.60. The van der Waals surface area contributed by atoms with Crippen molar-refractivity contribution in [1.82, 2.24) is 0 Å². The molecule has 0 aromatic rings. The van der Waals surface area contributed by atoms with Crippen molar-refractivity contribution in [3.05, 3.63) is 11.6 Å². The second-order valence-electron chi connectivity index (χ2n) is 9.23. The normalized spacial score (nSPS) is 37.5. The third-order valence-electron chi connectivity index (χ3n) is 7.13. The van der Waals surface area contributed by atoms with Gasteiger partial charge in [-0.1, -0.05) is 38.8 Å². The first-order valence-corrected chi connectivity index (χ1v) is 9.22. The van der Waals surface area contributed by atoms with E-state index >= 15 is 0 Å². The molecule has 0 unspecified atom stereocenters. The molecule has 0 saturated heterocycles. The molecule has 0 aromatic carbocycles. The van der Waals surface area contributed by atoms with E-state index < -0.39 is 11.7 Å². The molecule has 0 amide bonds. The SMILES string of the molecule is CC1=CC[C@H]2C(C)(C)CCC[C@]2(C)[C@H]1CC[C@@](C)(O)[C@H](O)CO. The maximum Gasteiger partial charge on any atom is 0.105 e. The van der Waals surface area contributed by atoms with Crippen LogP contribution in [0, 0.1) is 22.7 Å². The molecule has 3 N–H and O–H groups in total. The number of rotatable bonds is 5. The number of allylic oxidation sites excluding steroid dienone is 2. The van der Waals surface area contributed by atoms with Gasteiger partial charge >= 0.3 is 0 Å². The Morgan fingerprint density at radius 3 is 2.57 bits per heavy atom. The number of hydrogen-bond acceptors (Lipinski definition) is 3. The third-order valence-corrected chi connectivity index (χ3v) is 7.13. The van der Waals surface area contributed by atoms with E-state index in [1.165, 1.54) is 31.3 Å². The summed E-state index contributed by atoms with van der Waals surface area (Å²) in [6, 6.07) is 0. The fraction of sp³-hybridized carbons (Fsp3) is 0.900. The van der Waals surface area contributed by atoms with E-state index in [4.69, 9.17) is 5.11 Å². The minimum Gasteiger partial charge on any atom is -0.394 e. The van der Waals surface area contributed by atoms with Crippen molar-refractivity contribution >= 4 is 0 Å². The Kier molecular flexibility index (Phi) is 5.35. The van der Waals surface area contributed by atoms with Crippen LogP contribution < -0.4 is 0 Å². The molecule has 2 aliphatic carbocycles. The predicted molar refractivity (Wildman–Crippen MR) is 94.0 cm³/mol. The molecular weight excluding hydrogens is 288 g/mol. The fourth-order valence-electron chi connectivity index (χ4n) is 5.49. The van der Waals surface area contributed by atoms with Crippen molar-refractivity contribution in [1.29, 1.82) is 0 Å². The molecule has 0 spiro atoms. The molecule has 3 heteroatoms. The summed E-state index contributed by atoms with van der Waals surface area (Å²) in [5.74, 6) is 1.14. The lowest BCUT2D eigenvalue weighted by Crippen LogP contribution is -2.49. The predicted octanol–water partition coefficient (Wildman–Crippen LogP) is 3.67. The Morgan fingerprint density at radius 1 is 1.30 bits per heavy atom. The molecule has 0 bridgehead atoms. The Bertz CT molecular complexity index is 452. The number of aliphatic hydroxyl groups is 3. The summed E-state index contributed by atoms with van der Waals surface area (Å²) in [4.78, 5) is 0. The van der Waals surface area contributed by atoms with Crippen molar-refractivity contribution in [2.24, 2.45) is 22.7 Å². The number of hydrogen-bond donors (Lipinski definition) is 3. The summed E-state index contributed by atoms with van der Waals surface area (Å²) in [6.45, 7) is 10.7. The van der Waals surface area contributed by atoms with Crippen LogP contribution >= 0.6 is 0 Å². The van der Waals surface area contributed by atoms with Crippen LogP contribution in [-0.4, -0.2) is 33.6 Å². The van der Waals surface area contributed by atoms with Crippen molar-refractivity contribution in [3.63, 3.8) is 0 Å². The van der Waals surface area contributed by atoms with Gasteiger partial charge in [-0.15, -0.1) is 0 Å². The van der Waals surface area contributed by atoms with Crippen LogP contribution in [0.5, 0.6) is 0 Å². The van der Waals surface area contributed by atoms with E-state index in [2.05, 4.69) is 33.8 Å². The van der Waals surface area contributed by atoms with Gasteiger partial charge in [0.1, 0.15) is 6.10 Å². The largest absolute Gasteiger partial charge is 0.394 e. The first kappa shape index (κ1) is 19.0. The van der Waals surface area contributed by atoms with Crippen LogP contribution in [0.2, 0.25) is 0 Å². The van der Waals surface area contributed by atoms with Gasteiger partial charge in [0.05, 0.1) is 12.2 Å². The Labute approximate surface area is 141 Å². The average Bonchev–Trinajstić information content (AvgIpc) is 2.44. The third kappa shape index (κ3) is 3.52. The van der Waals surface area contributed by atoms with Gasteiger partial charge in [-0.2, -0.15) is 0 Å². The zero-order valence-electron chi connectivity index (χ0n) is 15.6. The van der Waals surface area contributed by atoms with Gasteiger partial charge in [-0.05, 0) is 68.6 Å². The minimum absolute atomic E-state index is 0.279. The zero-order chi connectivity index (χ0) is 17.5. The lowest BCUT2D eigenvalue weighted by Gasteiger charge is -2.57. The monoisotopic (exact) mass is 324 g/mol. The summed E-state index contributed by atoms with van der Waals surface area (Å²) in [5, 5.41) is 29.4. The molecule has 134 valence electrons. The molecule has 1 fully saturated rings. The zero-order valence-corrected chi connectivity index (χ0v) is 15.6. The molecule has 1 saturated carbocycles. The average molecular weight is 325 g/mol. The topological polar surface area (TPSA) is 60.7 Å². The van der Waals surface area contributed by atoms with E-state index in [0.717, 1.165) is 6.42 Å². The summed E-state index contributed by atoms with van der Waals surface area (Å²) in [6.07, 6.45) is 7.72. The van der Waals surface area contributed by atoms with E-state index in [0.29, 0.717) is 23.7 Å². The molecule has 2 aliphatic rings. The highest BCUT2D eigenvalue weighted by Gasteiger charge is 2.51. The summed E-state index contributed by atoms with van der Waals surface area (Å²) < 4.78 is 0. The summed E-state index contributed by atoms with van der Waals surface area (Å²) in [7, 11) is 0. The lowest BCUT2D eigenvalue weighted by molar-refractivity contribution is -0.0971. The van der Waals surface area contributed by atoms with Crippen molar-refractivity contribution < 1.29 is 15.3 Å². The Morgan fingerprint density at radius 2 is 1.96 bits per heavy atom. The second-order valence-corrected chi connectivity index (χ2v) is 9.23. The Hall–Kier alpha value is -0.380. The molecule has 3 nitrogen and oxygen atoms in total. The molecule has 23 heavy (non-hydrogen) atoms. The van der Waals surface area contributed by atoms with Crippen LogP contribution in [0.15, 0.2) is 11.6 Å². The first-order chi connectivity index (χ1) is 10.5. The van der Waals surface area contributed by atoms with Gasteiger partial charge < -0.3 is 15.3 Å².